The molecule has 0 aliphatic carbocycles. The van der Waals surface area contributed by atoms with Crippen LogP contribution < -0.4 is 37.9 Å². The first-order chi connectivity index (χ1) is 25.6. The molecule has 6 atom stereocenters. The Kier molecular flexibility index (Phi) is 11.0. The molecular weight excluding hydrogens is 688 g/mol. The van der Waals surface area contributed by atoms with Gasteiger partial charge in [-0.15, -0.1) is 0 Å². The van der Waals surface area contributed by atoms with Crippen LogP contribution in [0, 0.1) is 0 Å². The first-order valence-corrected chi connectivity index (χ1v) is 16.8. The van der Waals surface area contributed by atoms with Crippen LogP contribution >= 0.6 is 0 Å². The smallest absolute Gasteiger partial charge is 0.303 e. The normalized spacial score (nSPS) is 21.4. The summed E-state index contributed by atoms with van der Waals surface area (Å²) in [5.41, 5.74) is 2.31. The van der Waals surface area contributed by atoms with Gasteiger partial charge in [-0.3, -0.25) is 9.59 Å². The van der Waals surface area contributed by atoms with Crippen LogP contribution in [0.3, 0.4) is 0 Å². The molecule has 0 radical (unpaired) electrons. The fourth-order valence-electron chi connectivity index (χ4n) is 6.77. The fourth-order valence-corrected chi connectivity index (χ4v) is 6.77. The molecule has 280 valence electrons. The third-order valence-corrected chi connectivity index (χ3v) is 9.14. The van der Waals surface area contributed by atoms with Gasteiger partial charge in [-0.25, -0.2) is 0 Å². The molecule has 6 rings (SSSR count). The van der Waals surface area contributed by atoms with Crippen molar-refractivity contribution in [1.82, 2.24) is 0 Å². The minimum absolute atomic E-state index is 0.310. The van der Waals surface area contributed by atoms with E-state index >= 15 is 0 Å². The van der Waals surface area contributed by atoms with Crippen molar-refractivity contribution in [2.45, 2.75) is 50.5 Å². The van der Waals surface area contributed by atoms with E-state index in [1.54, 1.807) is 62.8 Å². The lowest BCUT2D eigenvalue weighted by Gasteiger charge is -2.44. The maximum atomic E-state index is 12.9. The largest absolute Gasteiger partial charge is 0.497 e. The monoisotopic (exact) mass is 730 g/mol. The molecule has 6 unspecified atom stereocenters. The summed E-state index contributed by atoms with van der Waals surface area (Å²) in [5.74, 6) is 2.19. The average molecular weight is 731 g/mol. The molecule has 13 nitrogen and oxygen atoms in total. The lowest BCUT2D eigenvalue weighted by molar-refractivity contribution is -0.203. The van der Waals surface area contributed by atoms with Crippen molar-refractivity contribution in [2.24, 2.45) is 0 Å². The van der Waals surface area contributed by atoms with Crippen LogP contribution in [0.4, 0.5) is 0 Å². The number of ether oxygens (including phenoxy) is 11. The first kappa shape index (κ1) is 37.0. The number of rotatable bonds is 12. The first-order valence-electron chi connectivity index (χ1n) is 16.8. The summed E-state index contributed by atoms with van der Waals surface area (Å²) in [6.45, 7) is 2.63. The van der Waals surface area contributed by atoms with Crippen molar-refractivity contribution >= 4 is 11.9 Å². The van der Waals surface area contributed by atoms with E-state index in [1.807, 2.05) is 24.3 Å². The molecule has 4 aromatic rings. The van der Waals surface area contributed by atoms with Crippen LogP contribution in [0.5, 0.6) is 46.0 Å². The van der Waals surface area contributed by atoms with Gasteiger partial charge < -0.3 is 52.1 Å². The number of hydrogen-bond donors (Lipinski definition) is 0. The van der Waals surface area contributed by atoms with Gasteiger partial charge in [0.25, 0.3) is 0 Å². The topological polar surface area (TPSA) is 136 Å². The molecule has 2 aliphatic rings. The minimum atomic E-state index is -1.06. The molecule has 0 bridgehead atoms. The van der Waals surface area contributed by atoms with Crippen LogP contribution in [-0.2, 0) is 23.8 Å². The zero-order valence-corrected chi connectivity index (χ0v) is 30.7. The van der Waals surface area contributed by atoms with Crippen LogP contribution in [0.2, 0.25) is 0 Å². The van der Waals surface area contributed by atoms with Crippen molar-refractivity contribution in [3.05, 3.63) is 95.1 Å². The SMILES string of the molecule is COc1ccc(C2Oc3c(ccc(OC)c3OC)C(OC3c4ccc(OC)c(OC)c4OC(c4ccc(OC)cc4)C3OC(C)=O)C2OC(C)=O)cc1. The number of fused-ring (bicyclic) bond motifs is 2. The van der Waals surface area contributed by atoms with Gasteiger partial charge in [-0.05, 0) is 59.7 Å². The lowest BCUT2D eigenvalue weighted by Crippen LogP contribution is -2.44. The van der Waals surface area contributed by atoms with E-state index in [0.29, 0.717) is 68.2 Å². The summed E-state index contributed by atoms with van der Waals surface area (Å²) in [6, 6.07) is 21.3. The summed E-state index contributed by atoms with van der Waals surface area (Å²) in [4.78, 5) is 25.8. The highest BCUT2D eigenvalue weighted by atomic mass is 16.6. The molecule has 4 aromatic carbocycles. The number of carbonyl (C=O) groups is 2. The maximum Gasteiger partial charge on any atom is 0.303 e. The molecule has 0 amide bonds. The zero-order valence-electron chi connectivity index (χ0n) is 30.7. The minimum Gasteiger partial charge on any atom is -0.497 e. The molecule has 0 aromatic heterocycles. The Balaban J connectivity index is 1.58. The zero-order chi connectivity index (χ0) is 37.8. The summed E-state index contributed by atoms with van der Waals surface area (Å²) in [5, 5.41) is 0. The van der Waals surface area contributed by atoms with E-state index in [4.69, 9.17) is 52.1 Å². The molecule has 13 heteroatoms. The third kappa shape index (κ3) is 7.16. The second-order valence-electron chi connectivity index (χ2n) is 12.2. The van der Waals surface area contributed by atoms with E-state index < -0.39 is 48.6 Å². The Morgan fingerprint density at radius 1 is 0.491 bits per heavy atom. The number of hydrogen-bond acceptors (Lipinski definition) is 13. The molecule has 2 heterocycles. The van der Waals surface area contributed by atoms with E-state index in [0.717, 1.165) is 0 Å². The number of esters is 2. The van der Waals surface area contributed by atoms with Gasteiger partial charge in [0.1, 0.15) is 23.7 Å². The van der Waals surface area contributed by atoms with Gasteiger partial charge in [-0.1, -0.05) is 24.3 Å². The predicted molar refractivity (Wildman–Crippen MR) is 189 cm³/mol. The van der Waals surface area contributed by atoms with Crippen molar-refractivity contribution in [3.63, 3.8) is 0 Å². The second kappa shape index (κ2) is 15.8. The Bertz CT molecular complexity index is 1790. The number of carbonyl (C=O) groups excluding carboxylic acids is 2. The van der Waals surface area contributed by atoms with Gasteiger partial charge in [-0.2, -0.15) is 0 Å². The van der Waals surface area contributed by atoms with Crippen molar-refractivity contribution in [1.29, 1.82) is 0 Å². The standard InChI is InChI=1S/C40H42O13/c1-21(41)49-39-31(23-9-13-25(43-3)14-10-23)51-33-27(17-19-29(45-5)37(33)47-7)35(39)53-36-28-18-20-30(46-6)38(48-8)34(28)52-32(40(36)50-22(2)42)24-11-15-26(44-4)16-12-24/h9-20,31-32,35-36,39-40H,1-8H3. The quantitative estimate of drug-likeness (QED) is 0.144. The van der Waals surface area contributed by atoms with Crippen molar-refractivity contribution in [3.8, 4) is 46.0 Å². The van der Waals surface area contributed by atoms with E-state index in [1.165, 1.54) is 42.3 Å². The summed E-state index contributed by atoms with van der Waals surface area (Å²) in [7, 11) is 9.19. The van der Waals surface area contributed by atoms with Gasteiger partial charge >= 0.3 is 11.9 Å². The van der Waals surface area contributed by atoms with Gasteiger partial charge in [0.15, 0.2) is 47.4 Å². The summed E-state index contributed by atoms with van der Waals surface area (Å²) in [6.07, 6.45) is -6.00. The van der Waals surface area contributed by atoms with Crippen LogP contribution in [0.25, 0.3) is 0 Å². The molecule has 0 N–H and O–H groups in total. The van der Waals surface area contributed by atoms with Crippen molar-refractivity contribution in [2.75, 3.05) is 42.7 Å². The van der Waals surface area contributed by atoms with Crippen molar-refractivity contribution < 1.29 is 61.7 Å². The second-order valence-corrected chi connectivity index (χ2v) is 12.2. The molecule has 2 aliphatic heterocycles. The summed E-state index contributed by atoms with van der Waals surface area (Å²) < 4.78 is 66.4. The van der Waals surface area contributed by atoms with E-state index in [2.05, 4.69) is 0 Å². The number of benzene rings is 4. The molecular formula is C40H42O13. The molecule has 0 saturated carbocycles. The highest BCUT2D eigenvalue weighted by Crippen LogP contribution is 2.57. The van der Waals surface area contributed by atoms with Gasteiger partial charge in [0.2, 0.25) is 11.5 Å². The molecule has 53 heavy (non-hydrogen) atoms. The average Bonchev–Trinajstić information content (AvgIpc) is 3.17. The molecule has 0 spiro atoms. The Labute approximate surface area is 307 Å². The van der Waals surface area contributed by atoms with E-state index in [-0.39, 0.29) is 0 Å². The van der Waals surface area contributed by atoms with Crippen LogP contribution in [0.15, 0.2) is 72.8 Å². The van der Waals surface area contributed by atoms with Crippen LogP contribution in [-0.4, -0.2) is 66.8 Å². The number of methoxy groups -OCH3 is 6. The Morgan fingerprint density at radius 2 is 0.868 bits per heavy atom. The van der Waals surface area contributed by atoms with E-state index in [9.17, 15) is 9.59 Å². The maximum absolute atomic E-state index is 12.9. The summed E-state index contributed by atoms with van der Waals surface area (Å²) >= 11 is 0. The predicted octanol–water partition coefficient (Wildman–Crippen LogP) is 6.67. The highest BCUT2D eigenvalue weighted by molar-refractivity contribution is 5.68. The van der Waals surface area contributed by atoms with Gasteiger partial charge in [0, 0.05) is 25.0 Å². The Morgan fingerprint density at radius 3 is 1.17 bits per heavy atom. The van der Waals surface area contributed by atoms with Crippen LogP contribution in [0.1, 0.15) is 60.5 Å². The highest BCUT2D eigenvalue weighted by Gasteiger charge is 2.50. The Hall–Kier alpha value is -5.82. The lowest BCUT2D eigenvalue weighted by atomic mass is 9.88. The van der Waals surface area contributed by atoms with Gasteiger partial charge in [0.05, 0.1) is 42.7 Å². The third-order valence-electron chi connectivity index (χ3n) is 9.14. The molecule has 0 saturated heterocycles. The fraction of sp³-hybridized carbons (Fsp3) is 0.350. The molecule has 0 fully saturated rings.